The third-order valence-electron chi connectivity index (χ3n) is 3.46. The molecule has 2 rings (SSSR count). The Morgan fingerprint density at radius 2 is 1.75 bits per heavy atom. The SMILES string of the molecule is C[C@H](CO)c1ccc(N2CCCCC2)cc1. The monoisotopic (exact) mass is 219 g/mol. The first-order valence-electron chi connectivity index (χ1n) is 6.27. The Morgan fingerprint density at radius 3 is 2.31 bits per heavy atom. The zero-order valence-electron chi connectivity index (χ0n) is 10.0. The minimum absolute atomic E-state index is 0.225. The molecule has 1 aliphatic rings. The number of anilines is 1. The van der Waals surface area contributed by atoms with Crippen molar-refractivity contribution in [2.45, 2.75) is 32.1 Å². The van der Waals surface area contributed by atoms with Crippen LogP contribution in [0.2, 0.25) is 0 Å². The highest BCUT2D eigenvalue weighted by atomic mass is 16.3. The molecule has 0 amide bonds. The van der Waals surface area contributed by atoms with E-state index in [-0.39, 0.29) is 12.5 Å². The van der Waals surface area contributed by atoms with Gasteiger partial charge in [-0.15, -0.1) is 0 Å². The maximum absolute atomic E-state index is 9.10. The number of aliphatic hydroxyl groups is 1. The number of aliphatic hydroxyl groups excluding tert-OH is 1. The van der Waals surface area contributed by atoms with Crippen LogP contribution in [-0.2, 0) is 0 Å². The molecule has 1 aliphatic heterocycles. The highest BCUT2D eigenvalue weighted by Crippen LogP contribution is 2.22. The van der Waals surface area contributed by atoms with Gasteiger partial charge in [0.05, 0.1) is 0 Å². The fraction of sp³-hybridized carbons (Fsp3) is 0.571. The molecule has 1 atom stereocenters. The summed E-state index contributed by atoms with van der Waals surface area (Å²) in [6.07, 6.45) is 4.00. The van der Waals surface area contributed by atoms with Gasteiger partial charge < -0.3 is 10.0 Å². The van der Waals surface area contributed by atoms with Crippen molar-refractivity contribution in [1.82, 2.24) is 0 Å². The summed E-state index contributed by atoms with van der Waals surface area (Å²) in [5, 5.41) is 9.10. The first kappa shape index (κ1) is 11.5. The topological polar surface area (TPSA) is 23.5 Å². The van der Waals surface area contributed by atoms with E-state index in [9.17, 15) is 0 Å². The van der Waals surface area contributed by atoms with Crippen molar-refractivity contribution in [2.24, 2.45) is 0 Å². The molecule has 2 heteroatoms. The van der Waals surface area contributed by atoms with Crippen molar-refractivity contribution in [3.63, 3.8) is 0 Å². The fourth-order valence-electron chi connectivity index (χ4n) is 2.27. The Morgan fingerprint density at radius 1 is 1.12 bits per heavy atom. The van der Waals surface area contributed by atoms with E-state index in [1.54, 1.807) is 0 Å². The maximum Gasteiger partial charge on any atom is 0.0497 e. The van der Waals surface area contributed by atoms with Gasteiger partial charge in [-0.25, -0.2) is 0 Å². The summed E-state index contributed by atoms with van der Waals surface area (Å²) in [4.78, 5) is 2.46. The molecule has 0 bridgehead atoms. The normalized spacial score (nSPS) is 18.5. The lowest BCUT2D eigenvalue weighted by molar-refractivity contribution is 0.273. The van der Waals surface area contributed by atoms with E-state index in [0.717, 1.165) is 0 Å². The lowest BCUT2D eigenvalue weighted by Gasteiger charge is -2.29. The van der Waals surface area contributed by atoms with Crippen molar-refractivity contribution in [1.29, 1.82) is 0 Å². The van der Waals surface area contributed by atoms with Crippen molar-refractivity contribution in [3.8, 4) is 0 Å². The van der Waals surface area contributed by atoms with Gasteiger partial charge in [-0.2, -0.15) is 0 Å². The Hall–Kier alpha value is -1.02. The van der Waals surface area contributed by atoms with Gasteiger partial charge >= 0.3 is 0 Å². The molecule has 88 valence electrons. The summed E-state index contributed by atoms with van der Waals surface area (Å²) in [5.41, 5.74) is 2.55. The molecular weight excluding hydrogens is 198 g/mol. The van der Waals surface area contributed by atoms with Gasteiger partial charge in [0.15, 0.2) is 0 Å². The van der Waals surface area contributed by atoms with E-state index in [1.165, 1.54) is 43.6 Å². The zero-order chi connectivity index (χ0) is 11.4. The molecule has 0 aliphatic carbocycles. The molecule has 1 saturated heterocycles. The smallest absolute Gasteiger partial charge is 0.0497 e. The molecule has 1 fully saturated rings. The van der Waals surface area contributed by atoms with E-state index in [0.29, 0.717) is 0 Å². The van der Waals surface area contributed by atoms with Crippen LogP contribution in [0.5, 0.6) is 0 Å². The van der Waals surface area contributed by atoms with Crippen LogP contribution in [0.1, 0.15) is 37.7 Å². The third-order valence-corrected chi connectivity index (χ3v) is 3.46. The largest absolute Gasteiger partial charge is 0.396 e. The molecule has 16 heavy (non-hydrogen) atoms. The lowest BCUT2D eigenvalue weighted by Crippen LogP contribution is -2.29. The van der Waals surface area contributed by atoms with E-state index in [2.05, 4.69) is 36.1 Å². The minimum atomic E-state index is 0.225. The maximum atomic E-state index is 9.10. The Labute approximate surface area is 97.9 Å². The summed E-state index contributed by atoms with van der Waals surface area (Å²) in [7, 11) is 0. The Kier molecular flexibility index (Phi) is 3.83. The van der Waals surface area contributed by atoms with Crippen molar-refractivity contribution in [3.05, 3.63) is 29.8 Å². The molecule has 1 aromatic rings. The molecule has 2 nitrogen and oxygen atoms in total. The summed E-state index contributed by atoms with van der Waals surface area (Å²) in [6, 6.07) is 8.66. The molecule has 0 aromatic heterocycles. The molecule has 1 aromatic carbocycles. The standard InChI is InChI=1S/C14H21NO/c1-12(11-16)13-5-7-14(8-6-13)15-9-3-2-4-10-15/h5-8,12,16H,2-4,9-11H2,1H3/t12-/m1/s1. The third kappa shape index (κ3) is 2.56. The highest BCUT2D eigenvalue weighted by Gasteiger charge is 2.11. The van der Waals surface area contributed by atoms with Crippen LogP contribution >= 0.6 is 0 Å². The van der Waals surface area contributed by atoms with Crippen LogP contribution in [-0.4, -0.2) is 24.8 Å². The van der Waals surface area contributed by atoms with Crippen LogP contribution in [0, 0.1) is 0 Å². The van der Waals surface area contributed by atoms with Gasteiger partial charge in [-0.05, 0) is 37.0 Å². The molecule has 0 radical (unpaired) electrons. The van der Waals surface area contributed by atoms with E-state index >= 15 is 0 Å². The second-order valence-electron chi connectivity index (χ2n) is 4.72. The molecule has 1 heterocycles. The van der Waals surface area contributed by atoms with Gasteiger partial charge in [0, 0.05) is 31.3 Å². The average Bonchev–Trinajstić information content (AvgIpc) is 2.39. The van der Waals surface area contributed by atoms with Gasteiger partial charge in [-0.1, -0.05) is 19.1 Å². The van der Waals surface area contributed by atoms with Crippen LogP contribution in [0.3, 0.4) is 0 Å². The molecule has 1 N–H and O–H groups in total. The first-order valence-corrected chi connectivity index (χ1v) is 6.27. The number of hydrogen-bond acceptors (Lipinski definition) is 2. The van der Waals surface area contributed by atoms with E-state index in [1.807, 2.05) is 0 Å². The lowest BCUT2D eigenvalue weighted by atomic mass is 10.0. The van der Waals surface area contributed by atoms with Gasteiger partial charge in [0.25, 0.3) is 0 Å². The van der Waals surface area contributed by atoms with Crippen LogP contribution in [0.4, 0.5) is 5.69 Å². The van der Waals surface area contributed by atoms with Crippen LogP contribution in [0.15, 0.2) is 24.3 Å². The molecule has 0 spiro atoms. The number of rotatable bonds is 3. The molecular formula is C14H21NO. The van der Waals surface area contributed by atoms with Crippen molar-refractivity contribution in [2.75, 3.05) is 24.6 Å². The summed E-state index contributed by atoms with van der Waals surface area (Å²) in [6.45, 7) is 4.66. The minimum Gasteiger partial charge on any atom is -0.396 e. The highest BCUT2D eigenvalue weighted by molar-refractivity contribution is 5.48. The molecule has 0 saturated carbocycles. The quantitative estimate of drug-likeness (QED) is 0.845. The van der Waals surface area contributed by atoms with Crippen LogP contribution in [0.25, 0.3) is 0 Å². The summed E-state index contributed by atoms with van der Waals surface area (Å²) < 4.78 is 0. The average molecular weight is 219 g/mol. The Bertz CT molecular complexity index is 314. The predicted molar refractivity (Wildman–Crippen MR) is 68.0 cm³/mol. The van der Waals surface area contributed by atoms with E-state index < -0.39 is 0 Å². The van der Waals surface area contributed by atoms with Gasteiger partial charge in [0.2, 0.25) is 0 Å². The summed E-state index contributed by atoms with van der Waals surface area (Å²) in [5.74, 6) is 0.246. The second kappa shape index (κ2) is 5.35. The first-order chi connectivity index (χ1) is 7.81. The number of benzene rings is 1. The Balaban J connectivity index is 2.06. The van der Waals surface area contributed by atoms with Crippen molar-refractivity contribution < 1.29 is 5.11 Å². The number of hydrogen-bond donors (Lipinski definition) is 1. The summed E-state index contributed by atoms with van der Waals surface area (Å²) >= 11 is 0. The van der Waals surface area contributed by atoms with Gasteiger partial charge in [0.1, 0.15) is 0 Å². The zero-order valence-corrected chi connectivity index (χ0v) is 10.0. The van der Waals surface area contributed by atoms with Crippen molar-refractivity contribution >= 4 is 5.69 Å². The van der Waals surface area contributed by atoms with Gasteiger partial charge in [-0.3, -0.25) is 0 Å². The predicted octanol–water partition coefficient (Wildman–Crippen LogP) is 2.77. The number of piperidine rings is 1. The fourth-order valence-corrected chi connectivity index (χ4v) is 2.27. The van der Waals surface area contributed by atoms with E-state index in [4.69, 9.17) is 5.11 Å². The molecule has 0 unspecified atom stereocenters. The van der Waals surface area contributed by atoms with Crippen LogP contribution < -0.4 is 4.90 Å². The number of nitrogens with zero attached hydrogens (tertiary/aromatic N) is 1. The second-order valence-corrected chi connectivity index (χ2v) is 4.72.